The maximum atomic E-state index is 5.87. The van der Waals surface area contributed by atoms with E-state index in [0.29, 0.717) is 18.4 Å². The number of anilines is 1. The Bertz CT molecular complexity index is 582. The van der Waals surface area contributed by atoms with Crippen molar-refractivity contribution in [2.24, 2.45) is 0 Å². The molecule has 1 saturated heterocycles. The number of ether oxygens (including phenoxy) is 2. The summed E-state index contributed by atoms with van der Waals surface area (Å²) in [6, 6.07) is 7.89. The van der Waals surface area contributed by atoms with Gasteiger partial charge in [-0.1, -0.05) is 12.1 Å². The Morgan fingerprint density at radius 2 is 2.25 bits per heavy atom. The van der Waals surface area contributed by atoms with Crippen LogP contribution in [0.2, 0.25) is 0 Å². The van der Waals surface area contributed by atoms with E-state index < -0.39 is 0 Å². The number of nitrogens with zero attached hydrogens (tertiary/aromatic N) is 2. The Morgan fingerprint density at radius 1 is 1.35 bits per heavy atom. The van der Waals surface area contributed by atoms with Crippen LogP contribution in [-0.2, 0) is 4.74 Å². The number of aromatic nitrogens is 2. The molecule has 0 radical (unpaired) electrons. The molecular formula is C15H19N3O2. The Hall–Kier alpha value is -1.88. The number of rotatable bonds is 5. The molecule has 0 saturated carbocycles. The summed E-state index contributed by atoms with van der Waals surface area (Å²) in [5.41, 5.74) is 0.890. The van der Waals surface area contributed by atoms with Gasteiger partial charge in [-0.25, -0.2) is 4.98 Å². The quantitative estimate of drug-likeness (QED) is 0.907. The van der Waals surface area contributed by atoms with Crippen LogP contribution in [0, 0.1) is 0 Å². The minimum Gasteiger partial charge on any atom is -0.474 e. The van der Waals surface area contributed by atoms with Crippen molar-refractivity contribution >= 4 is 16.9 Å². The summed E-state index contributed by atoms with van der Waals surface area (Å²) >= 11 is 0. The zero-order valence-corrected chi connectivity index (χ0v) is 11.6. The summed E-state index contributed by atoms with van der Waals surface area (Å²) in [5.74, 6) is 1.23. The highest BCUT2D eigenvalue weighted by atomic mass is 16.5. The topological polar surface area (TPSA) is 56.3 Å². The lowest BCUT2D eigenvalue weighted by Gasteiger charge is -2.13. The third-order valence-electron chi connectivity index (χ3n) is 3.33. The van der Waals surface area contributed by atoms with E-state index in [0.717, 1.165) is 36.9 Å². The van der Waals surface area contributed by atoms with Gasteiger partial charge < -0.3 is 14.8 Å². The average molecular weight is 273 g/mol. The number of benzene rings is 1. The molecule has 1 N–H and O–H groups in total. The predicted octanol–water partition coefficient (Wildman–Crippen LogP) is 2.62. The second-order valence-electron chi connectivity index (χ2n) is 4.85. The second-order valence-corrected chi connectivity index (χ2v) is 4.85. The maximum Gasteiger partial charge on any atom is 0.226 e. The fraction of sp³-hybridized carbons (Fsp3) is 0.467. The van der Waals surface area contributed by atoms with E-state index in [1.165, 1.54) is 0 Å². The van der Waals surface area contributed by atoms with Gasteiger partial charge in [-0.3, -0.25) is 0 Å². The molecule has 0 spiro atoms. The summed E-state index contributed by atoms with van der Waals surface area (Å²) in [6.45, 7) is 4.18. The molecule has 1 atom stereocenters. The van der Waals surface area contributed by atoms with E-state index in [4.69, 9.17) is 9.47 Å². The first-order valence-corrected chi connectivity index (χ1v) is 7.12. The maximum absolute atomic E-state index is 5.87. The molecule has 2 heterocycles. The number of hydrogen-bond donors (Lipinski definition) is 1. The van der Waals surface area contributed by atoms with Crippen LogP contribution in [0.4, 0.5) is 5.95 Å². The summed E-state index contributed by atoms with van der Waals surface area (Å²) < 4.78 is 11.5. The Labute approximate surface area is 118 Å². The number of nitrogens with one attached hydrogen (secondary N) is 1. The van der Waals surface area contributed by atoms with Crippen molar-refractivity contribution < 1.29 is 9.47 Å². The predicted molar refractivity (Wildman–Crippen MR) is 78.2 cm³/mol. The first kappa shape index (κ1) is 13.1. The van der Waals surface area contributed by atoms with Crippen LogP contribution in [0.1, 0.15) is 19.8 Å². The van der Waals surface area contributed by atoms with E-state index in [9.17, 15) is 0 Å². The van der Waals surface area contributed by atoms with Gasteiger partial charge >= 0.3 is 0 Å². The molecule has 0 aliphatic carbocycles. The lowest BCUT2D eigenvalue weighted by atomic mass is 10.2. The zero-order chi connectivity index (χ0) is 13.8. The van der Waals surface area contributed by atoms with Crippen LogP contribution < -0.4 is 10.1 Å². The number of fused-ring (bicyclic) bond motifs is 1. The van der Waals surface area contributed by atoms with Gasteiger partial charge in [-0.15, -0.1) is 0 Å². The lowest BCUT2D eigenvalue weighted by Crippen LogP contribution is -2.17. The molecule has 1 fully saturated rings. The molecule has 106 valence electrons. The molecule has 3 rings (SSSR count). The number of hydrogen-bond acceptors (Lipinski definition) is 5. The van der Waals surface area contributed by atoms with Crippen molar-refractivity contribution in [1.29, 1.82) is 0 Å². The molecule has 1 aromatic heterocycles. The first-order chi connectivity index (χ1) is 9.86. The van der Waals surface area contributed by atoms with Gasteiger partial charge in [-0.2, -0.15) is 4.98 Å². The summed E-state index contributed by atoms with van der Waals surface area (Å²) in [5, 5.41) is 4.07. The molecule has 5 heteroatoms. The van der Waals surface area contributed by atoms with E-state index in [2.05, 4.69) is 15.3 Å². The highest BCUT2D eigenvalue weighted by molar-refractivity contribution is 5.84. The molecule has 1 aliphatic rings. The van der Waals surface area contributed by atoms with E-state index >= 15 is 0 Å². The van der Waals surface area contributed by atoms with Gasteiger partial charge in [0.15, 0.2) is 0 Å². The third-order valence-corrected chi connectivity index (χ3v) is 3.33. The number of para-hydroxylation sites is 1. The zero-order valence-electron chi connectivity index (χ0n) is 11.6. The molecule has 5 nitrogen and oxygen atoms in total. The lowest BCUT2D eigenvalue weighted by molar-refractivity contribution is 0.0669. The van der Waals surface area contributed by atoms with Gasteiger partial charge in [0.2, 0.25) is 11.8 Å². The normalized spacial score (nSPS) is 18.4. The van der Waals surface area contributed by atoms with E-state index in [1.54, 1.807) is 0 Å². The van der Waals surface area contributed by atoms with Gasteiger partial charge in [0.05, 0.1) is 17.0 Å². The van der Waals surface area contributed by atoms with Crippen LogP contribution in [0.25, 0.3) is 10.9 Å². The van der Waals surface area contributed by atoms with Gasteiger partial charge in [0, 0.05) is 13.2 Å². The molecule has 20 heavy (non-hydrogen) atoms. The van der Waals surface area contributed by atoms with Crippen molar-refractivity contribution in [3.63, 3.8) is 0 Å². The van der Waals surface area contributed by atoms with Crippen molar-refractivity contribution in [3.05, 3.63) is 24.3 Å². The Kier molecular flexibility index (Phi) is 3.97. The molecule has 2 aromatic rings. The summed E-state index contributed by atoms with van der Waals surface area (Å²) in [6.07, 6.45) is 2.36. The van der Waals surface area contributed by atoms with E-state index in [-0.39, 0.29) is 6.10 Å². The minimum atomic E-state index is 0.186. The van der Waals surface area contributed by atoms with Crippen LogP contribution in [-0.4, -0.2) is 35.8 Å². The minimum absolute atomic E-state index is 0.186. The van der Waals surface area contributed by atoms with Gasteiger partial charge in [0.1, 0.15) is 6.61 Å². The standard InChI is InChI=1S/C15H19N3O2/c1-2-16-15-17-13-8-4-3-7-12(13)14(18-15)20-10-11-6-5-9-19-11/h3-4,7-8,11H,2,5-6,9-10H2,1H3,(H,16,17,18). The van der Waals surface area contributed by atoms with Crippen molar-refractivity contribution in [3.8, 4) is 5.88 Å². The molecule has 0 amide bonds. The molecule has 1 aliphatic heterocycles. The highest BCUT2D eigenvalue weighted by Gasteiger charge is 2.17. The van der Waals surface area contributed by atoms with Crippen LogP contribution in [0.3, 0.4) is 0 Å². The highest BCUT2D eigenvalue weighted by Crippen LogP contribution is 2.24. The monoisotopic (exact) mass is 273 g/mol. The Balaban J connectivity index is 1.86. The van der Waals surface area contributed by atoms with Crippen molar-refractivity contribution in [2.75, 3.05) is 25.1 Å². The van der Waals surface area contributed by atoms with Crippen LogP contribution in [0.5, 0.6) is 5.88 Å². The largest absolute Gasteiger partial charge is 0.474 e. The molecule has 0 bridgehead atoms. The van der Waals surface area contributed by atoms with Crippen LogP contribution in [0.15, 0.2) is 24.3 Å². The fourth-order valence-electron chi connectivity index (χ4n) is 2.34. The molecule has 1 aromatic carbocycles. The van der Waals surface area contributed by atoms with Crippen LogP contribution >= 0.6 is 0 Å². The SMILES string of the molecule is CCNc1nc(OCC2CCCO2)c2ccccc2n1. The van der Waals surface area contributed by atoms with Gasteiger partial charge in [0.25, 0.3) is 0 Å². The average Bonchev–Trinajstić information content (AvgIpc) is 2.98. The Morgan fingerprint density at radius 3 is 3.05 bits per heavy atom. The van der Waals surface area contributed by atoms with Crippen molar-refractivity contribution in [1.82, 2.24) is 9.97 Å². The smallest absolute Gasteiger partial charge is 0.226 e. The summed E-state index contributed by atoms with van der Waals surface area (Å²) in [7, 11) is 0. The summed E-state index contributed by atoms with van der Waals surface area (Å²) in [4.78, 5) is 8.92. The van der Waals surface area contributed by atoms with Gasteiger partial charge in [-0.05, 0) is 31.9 Å². The fourth-order valence-corrected chi connectivity index (χ4v) is 2.34. The second kappa shape index (κ2) is 6.05. The molecule has 1 unspecified atom stereocenters. The van der Waals surface area contributed by atoms with Crippen molar-refractivity contribution in [2.45, 2.75) is 25.9 Å². The first-order valence-electron chi connectivity index (χ1n) is 7.12. The van der Waals surface area contributed by atoms with E-state index in [1.807, 2.05) is 31.2 Å². The third kappa shape index (κ3) is 2.82. The molecular weight excluding hydrogens is 254 g/mol.